The van der Waals surface area contributed by atoms with E-state index in [9.17, 15) is 9.90 Å². The summed E-state index contributed by atoms with van der Waals surface area (Å²) in [6, 6.07) is 7.27. The number of carbonyl (C=O) groups is 1. The predicted octanol–water partition coefficient (Wildman–Crippen LogP) is 3.32. The molecule has 0 fully saturated rings. The fourth-order valence-corrected chi connectivity index (χ4v) is 2.97. The van der Waals surface area contributed by atoms with Crippen molar-refractivity contribution in [1.29, 1.82) is 0 Å². The van der Waals surface area contributed by atoms with E-state index in [1.165, 1.54) is 0 Å². The van der Waals surface area contributed by atoms with E-state index in [-0.39, 0.29) is 12.5 Å². The lowest BCUT2D eigenvalue weighted by Gasteiger charge is -2.15. The zero-order valence-electron chi connectivity index (χ0n) is 14.3. The molecule has 1 amide bonds. The molecule has 1 unspecified atom stereocenters. The van der Waals surface area contributed by atoms with Crippen LogP contribution in [0.4, 0.5) is 5.69 Å². The van der Waals surface area contributed by atoms with Gasteiger partial charge in [-0.15, -0.1) is 0 Å². The highest BCUT2D eigenvalue weighted by Gasteiger charge is 2.10. The van der Waals surface area contributed by atoms with E-state index in [0.29, 0.717) is 35.5 Å². The standard InChI is InChI=1S/C18H23ClN2O3S/c1-12(2)20-9-14(22)10-24-15-3-4-17(16(19)8-15)21-18(23)7-13-5-6-25-11-13/h3-6,8,11-12,14,20,22H,7,9-10H2,1-2H3,(H,21,23). The second-order valence-corrected chi connectivity index (χ2v) is 7.21. The van der Waals surface area contributed by atoms with Gasteiger partial charge in [0, 0.05) is 18.7 Å². The molecule has 0 aliphatic carbocycles. The van der Waals surface area contributed by atoms with Crippen LogP contribution in [-0.4, -0.2) is 36.3 Å². The minimum Gasteiger partial charge on any atom is -0.491 e. The Morgan fingerprint density at radius 2 is 2.16 bits per heavy atom. The Morgan fingerprint density at radius 3 is 2.80 bits per heavy atom. The molecule has 3 N–H and O–H groups in total. The van der Waals surface area contributed by atoms with E-state index in [2.05, 4.69) is 10.6 Å². The third kappa shape index (κ3) is 7.04. The summed E-state index contributed by atoms with van der Waals surface area (Å²) in [4.78, 5) is 12.0. The molecule has 0 aliphatic heterocycles. The Morgan fingerprint density at radius 1 is 1.36 bits per heavy atom. The zero-order valence-corrected chi connectivity index (χ0v) is 15.9. The number of aliphatic hydroxyl groups is 1. The van der Waals surface area contributed by atoms with Crippen LogP contribution >= 0.6 is 22.9 Å². The van der Waals surface area contributed by atoms with Crippen molar-refractivity contribution in [3.05, 3.63) is 45.6 Å². The quantitative estimate of drug-likeness (QED) is 0.622. The van der Waals surface area contributed by atoms with Crippen LogP contribution < -0.4 is 15.4 Å². The van der Waals surface area contributed by atoms with Gasteiger partial charge in [0.1, 0.15) is 18.5 Å². The summed E-state index contributed by atoms with van der Waals surface area (Å²) in [5.74, 6) is 0.425. The summed E-state index contributed by atoms with van der Waals surface area (Å²) in [7, 11) is 0. The van der Waals surface area contributed by atoms with Crippen LogP contribution in [0.1, 0.15) is 19.4 Å². The summed E-state index contributed by atoms with van der Waals surface area (Å²) >= 11 is 7.76. The maximum atomic E-state index is 12.0. The van der Waals surface area contributed by atoms with E-state index < -0.39 is 6.10 Å². The molecular formula is C18H23ClN2O3S. The molecule has 0 bridgehead atoms. The minimum atomic E-state index is -0.605. The van der Waals surface area contributed by atoms with Crippen molar-refractivity contribution in [3.8, 4) is 5.75 Å². The first kappa shape index (κ1) is 19.7. The third-order valence-corrected chi connectivity index (χ3v) is 4.41. The van der Waals surface area contributed by atoms with Crippen molar-refractivity contribution in [3.63, 3.8) is 0 Å². The number of benzene rings is 1. The lowest BCUT2D eigenvalue weighted by Crippen LogP contribution is -2.35. The molecule has 0 saturated carbocycles. The van der Waals surface area contributed by atoms with Crippen LogP contribution in [0.25, 0.3) is 0 Å². The van der Waals surface area contributed by atoms with Crippen molar-refractivity contribution in [2.75, 3.05) is 18.5 Å². The number of anilines is 1. The first-order valence-corrected chi connectivity index (χ1v) is 9.41. The highest BCUT2D eigenvalue weighted by atomic mass is 35.5. The molecule has 25 heavy (non-hydrogen) atoms. The molecule has 7 heteroatoms. The number of thiophene rings is 1. The smallest absolute Gasteiger partial charge is 0.228 e. The van der Waals surface area contributed by atoms with Crippen LogP contribution in [0.15, 0.2) is 35.0 Å². The van der Waals surface area contributed by atoms with Gasteiger partial charge in [0.15, 0.2) is 0 Å². The number of hydrogen-bond donors (Lipinski definition) is 3. The number of hydrogen-bond acceptors (Lipinski definition) is 5. The van der Waals surface area contributed by atoms with Gasteiger partial charge in [0.25, 0.3) is 0 Å². The molecule has 0 spiro atoms. The molecule has 1 atom stereocenters. The van der Waals surface area contributed by atoms with Gasteiger partial charge in [-0.05, 0) is 34.5 Å². The molecular weight excluding hydrogens is 360 g/mol. The van der Waals surface area contributed by atoms with E-state index in [1.54, 1.807) is 29.5 Å². The van der Waals surface area contributed by atoms with Crippen molar-refractivity contribution in [1.82, 2.24) is 5.32 Å². The lowest BCUT2D eigenvalue weighted by atomic mass is 10.2. The Hall–Kier alpha value is -1.60. The van der Waals surface area contributed by atoms with Gasteiger partial charge >= 0.3 is 0 Å². The Balaban J connectivity index is 1.84. The molecule has 0 saturated heterocycles. The fourth-order valence-electron chi connectivity index (χ4n) is 2.08. The van der Waals surface area contributed by atoms with E-state index in [1.807, 2.05) is 30.7 Å². The molecule has 136 valence electrons. The summed E-state index contributed by atoms with van der Waals surface area (Å²) in [6.07, 6.45) is -0.293. The van der Waals surface area contributed by atoms with Gasteiger partial charge in [-0.25, -0.2) is 0 Å². The largest absolute Gasteiger partial charge is 0.491 e. The predicted molar refractivity (Wildman–Crippen MR) is 103 cm³/mol. The molecule has 1 aromatic carbocycles. The number of ether oxygens (including phenoxy) is 1. The number of amides is 1. The molecule has 1 aromatic heterocycles. The van der Waals surface area contributed by atoms with E-state index in [4.69, 9.17) is 16.3 Å². The van der Waals surface area contributed by atoms with Gasteiger partial charge < -0.3 is 20.5 Å². The van der Waals surface area contributed by atoms with E-state index in [0.717, 1.165) is 5.56 Å². The van der Waals surface area contributed by atoms with Crippen molar-refractivity contribution in [2.45, 2.75) is 32.4 Å². The fraction of sp³-hybridized carbons (Fsp3) is 0.389. The SMILES string of the molecule is CC(C)NCC(O)COc1ccc(NC(=O)Cc2ccsc2)c(Cl)c1. The van der Waals surface area contributed by atoms with Gasteiger partial charge in [0.05, 0.1) is 17.1 Å². The number of nitrogens with one attached hydrogen (secondary N) is 2. The number of halogens is 1. The summed E-state index contributed by atoms with van der Waals surface area (Å²) < 4.78 is 5.54. The number of carbonyl (C=O) groups excluding carboxylic acids is 1. The topological polar surface area (TPSA) is 70.6 Å². The van der Waals surface area contributed by atoms with Crippen molar-refractivity contribution < 1.29 is 14.6 Å². The monoisotopic (exact) mass is 382 g/mol. The Labute approximate surface area is 157 Å². The van der Waals surface area contributed by atoms with Crippen LogP contribution in [0.2, 0.25) is 5.02 Å². The van der Waals surface area contributed by atoms with Crippen LogP contribution in [-0.2, 0) is 11.2 Å². The van der Waals surface area contributed by atoms with Crippen LogP contribution in [0.5, 0.6) is 5.75 Å². The Bertz CT molecular complexity index is 677. The highest BCUT2D eigenvalue weighted by molar-refractivity contribution is 7.08. The highest BCUT2D eigenvalue weighted by Crippen LogP contribution is 2.27. The molecule has 2 aromatic rings. The van der Waals surface area contributed by atoms with Crippen LogP contribution in [0.3, 0.4) is 0 Å². The first-order chi connectivity index (χ1) is 11.9. The zero-order chi connectivity index (χ0) is 18.2. The first-order valence-electron chi connectivity index (χ1n) is 8.08. The number of rotatable bonds is 9. The Kier molecular flexibility index (Phi) is 7.71. The second kappa shape index (κ2) is 9.77. The maximum Gasteiger partial charge on any atom is 0.228 e. The van der Waals surface area contributed by atoms with Crippen molar-refractivity contribution in [2.24, 2.45) is 0 Å². The van der Waals surface area contributed by atoms with E-state index >= 15 is 0 Å². The number of aliphatic hydroxyl groups excluding tert-OH is 1. The van der Waals surface area contributed by atoms with Gasteiger partial charge in [0.2, 0.25) is 5.91 Å². The van der Waals surface area contributed by atoms with Crippen molar-refractivity contribution >= 4 is 34.5 Å². The normalized spacial score (nSPS) is 12.2. The molecule has 0 radical (unpaired) electrons. The summed E-state index contributed by atoms with van der Waals surface area (Å²) in [5, 5.41) is 20.1. The molecule has 1 heterocycles. The molecule has 5 nitrogen and oxygen atoms in total. The molecule has 0 aliphatic rings. The van der Waals surface area contributed by atoms with Gasteiger partial charge in [-0.3, -0.25) is 4.79 Å². The van der Waals surface area contributed by atoms with Gasteiger partial charge in [-0.1, -0.05) is 25.4 Å². The summed E-state index contributed by atoms with van der Waals surface area (Å²) in [5.41, 5.74) is 1.51. The average molecular weight is 383 g/mol. The van der Waals surface area contributed by atoms with Crippen LogP contribution in [0, 0.1) is 0 Å². The lowest BCUT2D eigenvalue weighted by molar-refractivity contribution is -0.115. The minimum absolute atomic E-state index is 0.121. The molecule has 2 rings (SSSR count). The van der Waals surface area contributed by atoms with Gasteiger partial charge in [-0.2, -0.15) is 11.3 Å². The maximum absolute atomic E-state index is 12.0. The average Bonchev–Trinajstić information content (AvgIpc) is 3.06. The second-order valence-electron chi connectivity index (χ2n) is 6.03. The summed E-state index contributed by atoms with van der Waals surface area (Å²) in [6.45, 7) is 4.65. The third-order valence-electron chi connectivity index (χ3n) is 3.36.